The van der Waals surface area contributed by atoms with Crippen LogP contribution in [-0.2, 0) is 0 Å². The molecule has 0 atom stereocenters. The van der Waals surface area contributed by atoms with Crippen LogP contribution in [-0.4, -0.2) is 52.1 Å². The van der Waals surface area contributed by atoms with Crippen LogP contribution < -0.4 is 15.5 Å². The Kier molecular flexibility index (Phi) is 5.34. The summed E-state index contributed by atoms with van der Waals surface area (Å²) in [4.78, 5) is 29.3. The number of carbonyl (C=O) groups excluding carboxylic acids is 1. The predicted octanol–water partition coefficient (Wildman–Crippen LogP) is 3.34. The SMILES string of the molecule is Cc1ccnc(Nc2cc(N3CCN(C(=O)Nc4cccs4)CC3)ncn2)c1. The van der Waals surface area contributed by atoms with Gasteiger partial charge in [0, 0.05) is 38.4 Å². The third kappa shape index (κ3) is 4.37. The van der Waals surface area contributed by atoms with E-state index in [2.05, 4.69) is 30.5 Å². The van der Waals surface area contributed by atoms with Crippen molar-refractivity contribution in [2.45, 2.75) is 6.92 Å². The number of rotatable bonds is 4. The molecule has 3 aromatic rings. The highest BCUT2D eigenvalue weighted by Crippen LogP contribution is 2.20. The summed E-state index contributed by atoms with van der Waals surface area (Å²) in [6.45, 7) is 4.74. The highest BCUT2D eigenvalue weighted by molar-refractivity contribution is 7.14. The normalized spacial score (nSPS) is 14.0. The molecule has 0 radical (unpaired) electrons. The fourth-order valence-corrected chi connectivity index (χ4v) is 3.60. The number of pyridine rings is 1. The third-order valence-corrected chi connectivity index (χ3v) is 5.25. The Morgan fingerprint density at radius 3 is 2.64 bits per heavy atom. The molecule has 1 saturated heterocycles. The van der Waals surface area contributed by atoms with E-state index in [0.29, 0.717) is 18.9 Å². The number of aromatic nitrogens is 3. The topological polar surface area (TPSA) is 86.3 Å². The van der Waals surface area contributed by atoms with Crippen LogP contribution in [0.3, 0.4) is 0 Å². The second kappa shape index (κ2) is 8.22. The average Bonchev–Trinajstić information content (AvgIpc) is 3.21. The van der Waals surface area contributed by atoms with Gasteiger partial charge in [0.05, 0.1) is 5.00 Å². The smallest absolute Gasteiger partial charge is 0.322 e. The van der Waals surface area contributed by atoms with Gasteiger partial charge in [-0.25, -0.2) is 19.7 Å². The van der Waals surface area contributed by atoms with Gasteiger partial charge in [-0.05, 0) is 42.1 Å². The first-order valence-corrected chi connectivity index (χ1v) is 9.91. The van der Waals surface area contributed by atoms with Crippen LogP contribution in [0.1, 0.15) is 5.56 Å². The van der Waals surface area contributed by atoms with Crippen LogP contribution in [0.5, 0.6) is 0 Å². The number of piperazine rings is 1. The summed E-state index contributed by atoms with van der Waals surface area (Å²) in [7, 11) is 0. The van der Waals surface area contributed by atoms with Gasteiger partial charge in [-0.2, -0.15) is 0 Å². The molecule has 8 nitrogen and oxygen atoms in total. The number of urea groups is 1. The van der Waals surface area contributed by atoms with E-state index in [4.69, 9.17) is 0 Å². The van der Waals surface area contributed by atoms with Crippen molar-refractivity contribution >= 4 is 39.8 Å². The average molecular weight is 395 g/mol. The maximum absolute atomic E-state index is 12.4. The van der Waals surface area contributed by atoms with Gasteiger partial charge in [-0.3, -0.25) is 5.32 Å². The van der Waals surface area contributed by atoms with E-state index in [1.165, 1.54) is 11.3 Å². The number of thiophene rings is 1. The quantitative estimate of drug-likeness (QED) is 0.705. The monoisotopic (exact) mass is 395 g/mol. The summed E-state index contributed by atoms with van der Waals surface area (Å²) >= 11 is 1.52. The molecule has 0 aliphatic carbocycles. The summed E-state index contributed by atoms with van der Waals surface area (Å²) in [5, 5.41) is 8.95. The van der Waals surface area contributed by atoms with Gasteiger partial charge in [0.1, 0.15) is 23.8 Å². The van der Waals surface area contributed by atoms with Gasteiger partial charge >= 0.3 is 6.03 Å². The van der Waals surface area contributed by atoms with Crippen molar-refractivity contribution in [3.05, 3.63) is 53.8 Å². The van der Waals surface area contributed by atoms with Crippen LogP contribution >= 0.6 is 11.3 Å². The fourth-order valence-electron chi connectivity index (χ4n) is 3.00. The zero-order valence-corrected chi connectivity index (χ0v) is 16.3. The summed E-state index contributed by atoms with van der Waals surface area (Å²) in [6, 6.07) is 9.59. The molecule has 0 spiro atoms. The van der Waals surface area contributed by atoms with Gasteiger partial charge in [0.15, 0.2) is 0 Å². The fraction of sp³-hybridized carbons (Fsp3) is 0.263. The van der Waals surface area contributed by atoms with Gasteiger partial charge in [0.25, 0.3) is 0 Å². The van der Waals surface area contributed by atoms with Gasteiger partial charge in [-0.15, -0.1) is 11.3 Å². The Morgan fingerprint density at radius 2 is 1.89 bits per heavy atom. The lowest BCUT2D eigenvalue weighted by molar-refractivity contribution is 0.208. The number of amides is 2. The van der Waals surface area contributed by atoms with E-state index in [9.17, 15) is 4.79 Å². The standard InChI is InChI=1S/C19H21N7OS/c1-14-4-5-20-15(11-14)23-16-12-17(22-13-21-16)25-6-8-26(9-7-25)19(27)24-18-3-2-10-28-18/h2-5,10-13H,6-9H2,1H3,(H,24,27)(H,20,21,22,23). The molecule has 3 aromatic heterocycles. The number of anilines is 4. The van der Waals surface area contributed by atoms with Crippen LogP contribution in [0.2, 0.25) is 0 Å². The Labute approximate surface area is 167 Å². The number of carbonyl (C=O) groups is 1. The first-order valence-electron chi connectivity index (χ1n) is 9.03. The molecular weight excluding hydrogens is 374 g/mol. The van der Waals surface area contributed by atoms with Crippen molar-refractivity contribution in [1.29, 1.82) is 0 Å². The number of hydrogen-bond acceptors (Lipinski definition) is 7. The molecule has 28 heavy (non-hydrogen) atoms. The third-order valence-electron chi connectivity index (χ3n) is 4.47. The largest absolute Gasteiger partial charge is 0.353 e. The summed E-state index contributed by atoms with van der Waals surface area (Å²) < 4.78 is 0. The Bertz CT molecular complexity index is 939. The maximum atomic E-state index is 12.4. The first-order chi connectivity index (χ1) is 13.7. The lowest BCUT2D eigenvalue weighted by Crippen LogP contribution is -2.50. The van der Waals surface area contributed by atoms with Crippen LogP contribution in [0.15, 0.2) is 48.2 Å². The molecule has 9 heteroatoms. The maximum Gasteiger partial charge on any atom is 0.322 e. The highest BCUT2D eigenvalue weighted by Gasteiger charge is 2.22. The molecule has 1 aliphatic heterocycles. The van der Waals surface area contributed by atoms with Gasteiger partial charge in [-0.1, -0.05) is 0 Å². The Balaban J connectivity index is 1.36. The molecule has 0 saturated carbocycles. The van der Waals surface area contributed by atoms with Crippen molar-refractivity contribution in [2.75, 3.05) is 41.7 Å². The van der Waals surface area contributed by atoms with Crippen molar-refractivity contribution in [3.8, 4) is 0 Å². The predicted molar refractivity (Wildman–Crippen MR) is 111 cm³/mol. The number of nitrogens with one attached hydrogen (secondary N) is 2. The molecule has 2 N–H and O–H groups in total. The Hall–Kier alpha value is -3.20. The second-order valence-corrected chi connectivity index (χ2v) is 7.43. The minimum absolute atomic E-state index is 0.0577. The van der Waals surface area contributed by atoms with Crippen molar-refractivity contribution in [3.63, 3.8) is 0 Å². The molecule has 4 rings (SSSR count). The van der Waals surface area contributed by atoms with E-state index in [0.717, 1.165) is 35.3 Å². The minimum atomic E-state index is -0.0577. The molecular formula is C19H21N7OS. The van der Waals surface area contributed by atoms with Crippen LogP contribution in [0.4, 0.5) is 27.2 Å². The first kappa shape index (κ1) is 18.2. The molecule has 0 bridgehead atoms. The minimum Gasteiger partial charge on any atom is -0.353 e. The van der Waals surface area contributed by atoms with Crippen molar-refractivity contribution in [2.24, 2.45) is 0 Å². The molecule has 1 aliphatic rings. The van der Waals surface area contributed by atoms with Gasteiger partial charge in [0.2, 0.25) is 0 Å². The molecule has 1 fully saturated rings. The molecule has 144 valence electrons. The molecule has 2 amide bonds. The number of hydrogen-bond donors (Lipinski definition) is 2. The van der Waals surface area contributed by atoms with Crippen LogP contribution in [0.25, 0.3) is 0 Å². The second-order valence-electron chi connectivity index (χ2n) is 6.49. The summed E-state index contributed by atoms with van der Waals surface area (Å²) in [6.07, 6.45) is 3.31. The summed E-state index contributed by atoms with van der Waals surface area (Å²) in [5.74, 6) is 2.28. The Morgan fingerprint density at radius 1 is 1.07 bits per heavy atom. The van der Waals surface area contributed by atoms with E-state index in [1.54, 1.807) is 12.5 Å². The highest BCUT2D eigenvalue weighted by atomic mass is 32.1. The molecule has 4 heterocycles. The molecule has 0 aromatic carbocycles. The lowest BCUT2D eigenvalue weighted by atomic mass is 10.3. The zero-order chi connectivity index (χ0) is 19.3. The molecule has 0 unspecified atom stereocenters. The lowest BCUT2D eigenvalue weighted by Gasteiger charge is -2.35. The van der Waals surface area contributed by atoms with Crippen molar-refractivity contribution in [1.82, 2.24) is 19.9 Å². The number of aryl methyl sites for hydroxylation is 1. The zero-order valence-electron chi connectivity index (χ0n) is 15.5. The van der Waals surface area contributed by atoms with Gasteiger partial charge < -0.3 is 15.1 Å². The van der Waals surface area contributed by atoms with E-state index in [1.807, 2.05) is 47.5 Å². The van der Waals surface area contributed by atoms with E-state index < -0.39 is 0 Å². The van der Waals surface area contributed by atoms with E-state index >= 15 is 0 Å². The van der Waals surface area contributed by atoms with Crippen LogP contribution in [0, 0.1) is 6.92 Å². The van der Waals surface area contributed by atoms with E-state index in [-0.39, 0.29) is 6.03 Å². The number of nitrogens with zero attached hydrogens (tertiary/aromatic N) is 5. The summed E-state index contributed by atoms with van der Waals surface area (Å²) in [5.41, 5.74) is 1.13. The van der Waals surface area contributed by atoms with Crippen molar-refractivity contribution < 1.29 is 4.79 Å².